The predicted octanol–water partition coefficient (Wildman–Crippen LogP) is 3.87. The molecular weight excluding hydrogens is 446 g/mol. The number of hydrogen-bond donors (Lipinski definition) is 2. The van der Waals surface area contributed by atoms with Crippen LogP contribution in [-0.2, 0) is 14.3 Å². The van der Waals surface area contributed by atoms with E-state index < -0.39 is 43.4 Å². The van der Waals surface area contributed by atoms with Crippen LogP contribution in [0.2, 0.25) is 0 Å². The van der Waals surface area contributed by atoms with Crippen molar-refractivity contribution < 1.29 is 33.0 Å². The Labute approximate surface area is 195 Å². The minimum atomic E-state index is -2.87. The molecule has 2 aliphatic rings. The third-order valence-corrected chi connectivity index (χ3v) is 6.16. The number of carbonyl (C=O) groups is 3. The number of aliphatic carboxylic acids is 1. The highest BCUT2D eigenvalue weighted by Crippen LogP contribution is 2.44. The Morgan fingerprint density at radius 1 is 1.03 bits per heavy atom. The molecule has 0 radical (unpaired) electrons. The molecule has 2 amide bonds. The predicted molar refractivity (Wildman–Crippen MR) is 120 cm³/mol. The SMILES string of the molecule is O=C(O)CN(CC1CC1)C(=O)C(CC(F)F)NC(=O)OCC1c2ccccc2-c2ccccc21. The maximum Gasteiger partial charge on any atom is 0.407 e. The molecule has 1 atom stereocenters. The van der Waals surface area contributed by atoms with Gasteiger partial charge in [0.25, 0.3) is 0 Å². The van der Waals surface area contributed by atoms with Crippen molar-refractivity contribution in [2.45, 2.75) is 37.6 Å². The fourth-order valence-electron chi connectivity index (χ4n) is 4.41. The minimum absolute atomic E-state index is 0.0314. The molecule has 4 rings (SSSR count). The lowest BCUT2D eigenvalue weighted by molar-refractivity contribution is -0.145. The molecule has 0 spiro atoms. The molecule has 34 heavy (non-hydrogen) atoms. The van der Waals surface area contributed by atoms with Gasteiger partial charge in [-0.05, 0) is 41.0 Å². The highest BCUT2D eigenvalue weighted by molar-refractivity contribution is 5.88. The normalized spacial score (nSPS) is 15.4. The summed E-state index contributed by atoms with van der Waals surface area (Å²) in [5, 5.41) is 11.4. The summed E-state index contributed by atoms with van der Waals surface area (Å²) < 4.78 is 31.7. The van der Waals surface area contributed by atoms with Gasteiger partial charge in [-0.25, -0.2) is 13.6 Å². The molecule has 0 heterocycles. The van der Waals surface area contributed by atoms with Crippen LogP contribution in [0.25, 0.3) is 11.1 Å². The lowest BCUT2D eigenvalue weighted by atomic mass is 9.98. The van der Waals surface area contributed by atoms with Crippen LogP contribution < -0.4 is 5.32 Å². The van der Waals surface area contributed by atoms with E-state index >= 15 is 0 Å². The van der Waals surface area contributed by atoms with E-state index in [4.69, 9.17) is 9.84 Å². The van der Waals surface area contributed by atoms with Crippen LogP contribution >= 0.6 is 0 Å². The summed E-state index contributed by atoms with van der Waals surface area (Å²) in [5.74, 6) is -2.15. The summed E-state index contributed by atoms with van der Waals surface area (Å²) in [5.41, 5.74) is 4.08. The average Bonchev–Trinajstić information content (AvgIpc) is 3.56. The third-order valence-electron chi connectivity index (χ3n) is 6.16. The van der Waals surface area contributed by atoms with Gasteiger partial charge in [-0.15, -0.1) is 0 Å². The summed E-state index contributed by atoms with van der Waals surface area (Å²) in [6.07, 6.45) is -3.09. The van der Waals surface area contributed by atoms with Crippen LogP contribution in [0.4, 0.5) is 13.6 Å². The number of rotatable bonds is 10. The Balaban J connectivity index is 1.43. The number of ether oxygens (including phenoxy) is 1. The Morgan fingerprint density at radius 3 is 2.15 bits per heavy atom. The topological polar surface area (TPSA) is 95.9 Å². The van der Waals surface area contributed by atoms with Crippen molar-refractivity contribution in [2.75, 3.05) is 19.7 Å². The highest BCUT2D eigenvalue weighted by atomic mass is 19.3. The number of fused-ring (bicyclic) bond motifs is 3. The number of carboxylic acid groups (broad SMARTS) is 1. The van der Waals surface area contributed by atoms with Crippen molar-refractivity contribution in [3.63, 3.8) is 0 Å². The average molecular weight is 472 g/mol. The van der Waals surface area contributed by atoms with Gasteiger partial charge in [-0.2, -0.15) is 0 Å². The van der Waals surface area contributed by atoms with Gasteiger partial charge in [-0.1, -0.05) is 48.5 Å². The molecule has 0 bridgehead atoms. The summed E-state index contributed by atoms with van der Waals surface area (Å²) >= 11 is 0. The summed E-state index contributed by atoms with van der Waals surface area (Å²) in [7, 11) is 0. The monoisotopic (exact) mass is 472 g/mol. The zero-order valence-electron chi connectivity index (χ0n) is 18.5. The smallest absolute Gasteiger partial charge is 0.407 e. The van der Waals surface area contributed by atoms with Crippen LogP contribution in [0.1, 0.15) is 36.3 Å². The van der Waals surface area contributed by atoms with Gasteiger partial charge in [0.15, 0.2) is 0 Å². The molecular formula is C25H26F2N2O5. The van der Waals surface area contributed by atoms with Crippen LogP contribution in [-0.4, -0.2) is 60.1 Å². The number of amides is 2. The lowest BCUT2D eigenvalue weighted by Gasteiger charge is -2.26. The maximum absolute atomic E-state index is 13.2. The van der Waals surface area contributed by atoms with Crippen molar-refractivity contribution >= 4 is 18.0 Å². The first-order valence-corrected chi connectivity index (χ1v) is 11.2. The summed E-state index contributed by atoms with van der Waals surface area (Å²) in [6.45, 7) is -0.477. The van der Waals surface area contributed by atoms with Crippen LogP contribution in [0.5, 0.6) is 0 Å². The Morgan fingerprint density at radius 2 is 1.62 bits per heavy atom. The number of hydrogen-bond acceptors (Lipinski definition) is 4. The van der Waals surface area contributed by atoms with Crippen LogP contribution in [0, 0.1) is 5.92 Å². The second-order valence-electron chi connectivity index (χ2n) is 8.71. The number of carboxylic acids is 1. The number of benzene rings is 2. The Kier molecular flexibility index (Phi) is 7.09. The van der Waals surface area contributed by atoms with E-state index in [-0.39, 0.29) is 25.0 Å². The van der Waals surface area contributed by atoms with E-state index in [1.807, 2.05) is 48.5 Å². The van der Waals surface area contributed by atoms with Gasteiger partial charge < -0.3 is 20.1 Å². The second kappa shape index (κ2) is 10.2. The number of alkyl halides is 2. The number of nitrogens with zero attached hydrogens (tertiary/aromatic N) is 1. The van der Waals surface area contributed by atoms with Crippen molar-refractivity contribution in [1.29, 1.82) is 0 Å². The van der Waals surface area contributed by atoms with Crippen molar-refractivity contribution in [1.82, 2.24) is 10.2 Å². The second-order valence-corrected chi connectivity index (χ2v) is 8.71. The van der Waals surface area contributed by atoms with Gasteiger partial charge in [0.05, 0.1) is 0 Å². The first-order valence-electron chi connectivity index (χ1n) is 11.2. The van der Waals surface area contributed by atoms with Gasteiger partial charge in [-0.3, -0.25) is 9.59 Å². The fourth-order valence-corrected chi connectivity index (χ4v) is 4.41. The van der Waals surface area contributed by atoms with E-state index in [2.05, 4.69) is 5.32 Å². The summed E-state index contributed by atoms with van der Waals surface area (Å²) in [4.78, 5) is 37.6. The fraction of sp³-hybridized carbons (Fsp3) is 0.400. The largest absolute Gasteiger partial charge is 0.480 e. The molecule has 0 aliphatic heterocycles. The van der Waals surface area contributed by atoms with Crippen molar-refractivity contribution in [3.8, 4) is 11.1 Å². The van der Waals surface area contributed by atoms with Gasteiger partial charge in [0.1, 0.15) is 19.2 Å². The molecule has 2 aliphatic carbocycles. The molecule has 1 saturated carbocycles. The van der Waals surface area contributed by atoms with E-state index in [0.29, 0.717) is 0 Å². The van der Waals surface area contributed by atoms with E-state index in [9.17, 15) is 23.2 Å². The number of carbonyl (C=O) groups excluding carboxylic acids is 2. The molecule has 1 fully saturated rings. The molecule has 0 aromatic heterocycles. The molecule has 9 heteroatoms. The quantitative estimate of drug-likeness (QED) is 0.547. The Bertz CT molecular complexity index is 1030. The standard InChI is InChI=1S/C25H26F2N2O5/c26-22(27)11-21(24(32)29(13-23(30)31)12-15-9-10-15)28-25(33)34-14-20-18-7-3-1-5-16(18)17-6-2-4-8-19(17)20/h1-8,15,20-22H,9-14H2,(H,28,33)(H,30,31). The molecule has 180 valence electrons. The van der Waals surface area contributed by atoms with Gasteiger partial charge >= 0.3 is 12.1 Å². The molecule has 1 unspecified atom stereocenters. The zero-order valence-corrected chi connectivity index (χ0v) is 18.5. The first kappa shape index (κ1) is 23.7. The molecule has 2 aromatic carbocycles. The first-order chi connectivity index (χ1) is 16.3. The maximum atomic E-state index is 13.2. The lowest BCUT2D eigenvalue weighted by Crippen LogP contribution is -2.51. The number of alkyl carbamates (subject to hydrolysis) is 1. The van der Waals surface area contributed by atoms with Crippen molar-refractivity contribution in [2.24, 2.45) is 5.92 Å². The number of nitrogens with one attached hydrogen (secondary N) is 1. The molecule has 2 aromatic rings. The molecule has 2 N–H and O–H groups in total. The van der Waals surface area contributed by atoms with E-state index in [0.717, 1.165) is 40.0 Å². The van der Waals surface area contributed by atoms with Gasteiger partial charge in [0.2, 0.25) is 12.3 Å². The van der Waals surface area contributed by atoms with Crippen molar-refractivity contribution in [3.05, 3.63) is 59.7 Å². The van der Waals surface area contributed by atoms with Gasteiger partial charge in [0, 0.05) is 18.9 Å². The number of halogens is 2. The van der Waals surface area contributed by atoms with Crippen LogP contribution in [0.3, 0.4) is 0 Å². The molecule has 7 nitrogen and oxygen atoms in total. The third kappa shape index (κ3) is 5.52. The van der Waals surface area contributed by atoms with Crippen LogP contribution in [0.15, 0.2) is 48.5 Å². The Hall–Kier alpha value is -3.49. The van der Waals surface area contributed by atoms with E-state index in [1.54, 1.807) is 0 Å². The minimum Gasteiger partial charge on any atom is -0.480 e. The molecule has 0 saturated heterocycles. The zero-order chi connectivity index (χ0) is 24.2. The summed E-state index contributed by atoms with van der Waals surface area (Å²) in [6, 6.07) is 13.9. The highest BCUT2D eigenvalue weighted by Gasteiger charge is 2.35. The van der Waals surface area contributed by atoms with E-state index in [1.165, 1.54) is 0 Å².